The van der Waals surface area contributed by atoms with Crippen molar-refractivity contribution < 1.29 is 0 Å². The molecule has 0 aliphatic heterocycles. The van der Waals surface area contributed by atoms with Crippen LogP contribution in [0.5, 0.6) is 0 Å². The van der Waals surface area contributed by atoms with Gasteiger partial charge in [0, 0.05) is 23.3 Å². The second-order valence-electron chi connectivity index (χ2n) is 7.28. The van der Waals surface area contributed by atoms with Crippen molar-refractivity contribution >= 4 is 68.9 Å². The van der Waals surface area contributed by atoms with Crippen LogP contribution in [0, 0.1) is 17.7 Å². The molecule has 176 valence electrons. The van der Waals surface area contributed by atoms with Crippen LogP contribution in [-0.4, -0.2) is 25.0 Å². The first-order valence-electron chi connectivity index (χ1n) is 10.4. The van der Waals surface area contributed by atoms with E-state index in [1.54, 1.807) is 23.1 Å². The van der Waals surface area contributed by atoms with E-state index in [4.69, 9.17) is 22.3 Å². The van der Waals surface area contributed by atoms with Crippen LogP contribution in [0.4, 0.5) is 22.7 Å². The number of thioether (sulfide) groups is 1. The summed E-state index contributed by atoms with van der Waals surface area (Å²) in [6.07, 6.45) is 2.04. The predicted octanol–water partition coefficient (Wildman–Crippen LogP) is 6.61. The van der Waals surface area contributed by atoms with E-state index in [0.29, 0.717) is 0 Å². The number of aryl methyl sites for hydroxylation is 1. The summed E-state index contributed by atoms with van der Waals surface area (Å²) in [4.78, 5) is 4.87. The lowest BCUT2D eigenvalue weighted by Crippen LogP contribution is -2.10. The van der Waals surface area contributed by atoms with E-state index in [9.17, 15) is 0 Å². The summed E-state index contributed by atoms with van der Waals surface area (Å²) >= 11 is 4.77. The number of hydrogen-bond acceptors (Lipinski definition) is 7. The molecule has 0 atom stereocenters. The lowest BCUT2D eigenvalue weighted by molar-refractivity contribution is 1.19. The largest absolute Gasteiger partial charge is 0.383 e. The first-order chi connectivity index (χ1) is 16.3. The number of nitrogens with one attached hydrogen (secondary N) is 3. The van der Waals surface area contributed by atoms with E-state index < -0.39 is 0 Å². The van der Waals surface area contributed by atoms with Crippen molar-refractivity contribution in [3.8, 4) is 0 Å². The number of thiophene rings is 2. The molecule has 0 fully saturated rings. The van der Waals surface area contributed by atoms with E-state index in [2.05, 4.69) is 22.3 Å². The summed E-state index contributed by atoms with van der Waals surface area (Å²) < 4.78 is 1.17. The Bertz CT molecular complexity index is 1250. The SMILES string of the molecule is CSc1sc(C(=N)N)cc1N(C)c1ccccc1.Cc1sc(C(=N)N)cc1Nc1ccccc1. The molecule has 0 aliphatic rings. The lowest BCUT2D eigenvalue weighted by Gasteiger charge is -2.19. The van der Waals surface area contributed by atoms with Crippen LogP contribution < -0.4 is 21.7 Å². The van der Waals surface area contributed by atoms with Crippen molar-refractivity contribution in [2.45, 2.75) is 11.1 Å². The summed E-state index contributed by atoms with van der Waals surface area (Å²) in [5, 5.41) is 18.2. The van der Waals surface area contributed by atoms with Gasteiger partial charge in [0.2, 0.25) is 0 Å². The smallest absolute Gasteiger partial charge is 0.133 e. The molecule has 2 aromatic carbocycles. The Morgan fingerprint density at radius 2 is 1.44 bits per heavy atom. The predicted molar refractivity (Wildman–Crippen MR) is 151 cm³/mol. The molecule has 0 bridgehead atoms. The van der Waals surface area contributed by atoms with Crippen LogP contribution in [-0.2, 0) is 0 Å². The van der Waals surface area contributed by atoms with Gasteiger partial charge in [-0.2, -0.15) is 0 Å². The number of para-hydroxylation sites is 2. The number of hydrogen-bond donors (Lipinski definition) is 5. The quantitative estimate of drug-likeness (QED) is 0.109. The number of rotatable bonds is 7. The molecule has 4 aromatic rings. The third kappa shape index (κ3) is 6.40. The van der Waals surface area contributed by atoms with Crippen LogP contribution in [0.15, 0.2) is 77.0 Å². The molecule has 2 aromatic heterocycles. The number of amidine groups is 2. The van der Waals surface area contributed by atoms with Gasteiger partial charge < -0.3 is 21.7 Å². The van der Waals surface area contributed by atoms with Gasteiger partial charge in [0.25, 0.3) is 0 Å². The monoisotopic (exact) mass is 508 g/mol. The van der Waals surface area contributed by atoms with E-state index in [1.807, 2.05) is 80.9 Å². The Labute approximate surface area is 212 Å². The number of nitrogens with two attached hydrogens (primary N) is 2. The van der Waals surface area contributed by atoms with Gasteiger partial charge in [-0.3, -0.25) is 10.8 Å². The molecule has 7 N–H and O–H groups in total. The average molecular weight is 509 g/mol. The summed E-state index contributed by atoms with van der Waals surface area (Å²) in [6.45, 7) is 2.02. The van der Waals surface area contributed by atoms with E-state index in [1.165, 1.54) is 15.5 Å². The van der Waals surface area contributed by atoms with Crippen LogP contribution in [0.1, 0.15) is 14.6 Å². The van der Waals surface area contributed by atoms with Crippen molar-refractivity contribution in [1.82, 2.24) is 0 Å². The van der Waals surface area contributed by atoms with Gasteiger partial charge in [-0.05, 0) is 49.6 Å². The highest BCUT2D eigenvalue weighted by Gasteiger charge is 2.14. The zero-order valence-corrected chi connectivity index (χ0v) is 21.7. The molecule has 0 saturated heterocycles. The number of nitrogens with zero attached hydrogens (tertiary/aromatic N) is 1. The van der Waals surface area contributed by atoms with Gasteiger partial charge in [0.1, 0.15) is 11.7 Å². The van der Waals surface area contributed by atoms with Gasteiger partial charge in [0.05, 0.1) is 25.3 Å². The Kier molecular flexibility index (Phi) is 8.75. The topological polar surface area (TPSA) is 115 Å². The fourth-order valence-corrected chi connectivity index (χ4v) is 5.71. The van der Waals surface area contributed by atoms with E-state index in [0.717, 1.165) is 37.4 Å². The number of benzene rings is 2. The average Bonchev–Trinajstić information content (AvgIpc) is 3.44. The van der Waals surface area contributed by atoms with Crippen LogP contribution in [0.25, 0.3) is 0 Å². The van der Waals surface area contributed by atoms with Gasteiger partial charge in [0.15, 0.2) is 0 Å². The van der Waals surface area contributed by atoms with Gasteiger partial charge >= 0.3 is 0 Å². The zero-order valence-electron chi connectivity index (χ0n) is 19.3. The molecule has 9 heteroatoms. The molecule has 2 heterocycles. The van der Waals surface area contributed by atoms with Crippen molar-refractivity contribution in [3.63, 3.8) is 0 Å². The summed E-state index contributed by atoms with van der Waals surface area (Å²) in [6, 6.07) is 24.0. The molecule has 6 nitrogen and oxygen atoms in total. The van der Waals surface area contributed by atoms with E-state index in [-0.39, 0.29) is 11.7 Å². The molecule has 34 heavy (non-hydrogen) atoms. The Balaban J connectivity index is 0.000000192. The lowest BCUT2D eigenvalue weighted by atomic mass is 10.3. The number of anilines is 4. The minimum absolute atomic E-state index is 0.120. The zero-order chi connectivity index (χ0) is 24.7. The van der Waals surface area contributed by atoms with Crippen molar-refractivity contribution in [1.29, 1.82) is 10.8 Å². The third-order valence-corrected chi connectivity index (χ3v) is 8.24. The van der Waals surface area contributed by atoms with Crippen LogP contribution in [0.3, 0.4) is 0 Å². The van der Waals surface area contributed by atoms with Crippen molar-refractivity contribution in [3.05, 3.63) is 87.4 Å². The van der Waals surface area contributed by atoms with Crippen molar-refractivity contribution in [2.75, 3.05) is 23.5 Å². The summed E-state index contributed by atoms with van der Waals surface area (Å²) in [5.74, 6) is 0.247. The summed E-state index contributed by atoms with van der Waals surface area (Å²) in [7, 11) is 2.03. The maximum atomic E-state index is 7.53. The molecular weight excluding hydrogens is 481 g/mol. The number of nitrogen functional groups attached to an aromatic ring is 2. The highest BCUT2D eigenvalue weighted by atomic mass is 32.2. The highest BCUT2D eigenvalue weighted by molar-refractivity contribution is 8.00. The fourth-order valence-electron chi connectivity index (χ4n) is 3.08. The van der Waals surface area contributed by atoms with Gasteiger partial charge in [-0.25, -0.2) is 0 Å². The molecular formula is C25H28N6S3. The first-order valence-corrected chi connectivity index (χ1v) is 13.2. The highest BCUT2D eigenvalue weighted by Crippen LogP contribution is 2.39. The molecule has 4 rings (SSSR count). The van der Waals surface area contributed by atoms with E-state index >= 15 is 0 Å². The second kappa shape index (κ2) is 11.7. The molecule has 0 aliphatic carbocycles. The molecule has 0 saturated carbocycles. The Hall–Kier alpha value is -3.27. The Morgan fingerprint density at radius 1 is 0.882 bits per heavy atom. The van der Waals surface area contributed by atoms with Gasteiger partial charge in [-0.15, -0.1) is 34.4 Å². The first kappa shape index (κ1) is 25.4. The molecule has 0 unspecified atom stereocenters. The normalized spacial score (nSPS) is 10.2. The Morgan fingerprint density at radius 3 is 1.97 bits per heavy atom. The second-order valence-corrected chi connectivity index (χ2v) is 10.7. The molecule has 0 radical (unpaired) electrons. The van der Waals surface area contributed by atoms with Gasteiger partial charge in [-0.1, -0.05) is 36.4 Å². The fraction of sp³-hybridized carbons (Fsp3) is 0.120. The minimum Gasteiger partial charge on any atom is -0.383 e. The maximum Gasteiger partial charge on any atom is 0.133 e. The summed E-state index contributed by atoms with van der Waals surface area (Å²) in [5.41, 5.74) is 15.3. The maximum absolute atomic E-state index is 7.53. The molecule has 0 amide bonds. The third-order valence-electron chi connectivity index (χ3n) is 4.87. The minimum atomic E-state index is 0.120. The molecule has 0 spiro atoms. The standard InChI is InChI=1S/C13H15N3S2.C12H13N3S/c1-16(9-6-4-3-5-7-9)10-8-11(12(14)15)18-13(10)17-2;1-8-10(7-11(16-8)12(13)14)15-9-5-3-2-4-6-9/h3-8H,1-2H3,(H3,14,15);2-7,15H,1H3,(H3,13,14). The van der Waals surface area contributed by atoms with Crippen LogP contribution in [0.2, 0.25) is 0 Å². The van der Waals surface area contributed by atoms with Crippen LogP contribution >= 0.6 is 34.4 Å². The van der Waals surface area contributed by atoms with Crippen molar-refractivity contribution in [2.24, 2.45) is 11.5 Å².